The Kier molecular flexibility index (Phi) is 4.40. The van der Waals surface area contributed by atoms with Crippen LogP contribution in [0.15, 0.2) is 33.5 Å². The van der Waals surface area contributed by atoms with Crippen LogP contribution in [-0.2, 0) is 11.2 Å². The molecule has 0 amide bonds. The summed E-state index contributed by atoms with van der Waals surface area (Å²) in [5, 5.41) is 12.8. The molecule has 0 atom stereocenters. The van der Waals surface area contributed by atoms with E-state index in [-0.39, 0.29) is 6.42 Å². The van der Waals surface area contributed by atoms with Crippen molar-refractivity contribution in [1.29, 1.82) is 0 Å². The van der Waals surface area contributed by atoms with E-state index < -0.39 is 11.6 Å². The standard InChI is InChI=1S/C15H17NO4/c1-2-3-6-16-11-4-5-12-10(7-14(17)18)8-15(19)20-13(12)9-11/h4-5,8-9,16H,2-3,6-7H2,1H3,(H,17,18). The van der Waals surface area contributed by atoms with Crippen LogP contribution in [0.2, 0.25) is 0 Å². The van der Waals surface area contributed by atoms with Crippen LogP contribution in [0.4, 0.5) is 5.69 Å². The molecule has 1 aromatic heterocycles. The number of unbranched alkanes of at least 4 members (excludes halogenated alkanes) is 1. The maximum absolute atomic E-state index is 11.5. The monoisotopic (exact) mass is 275 g/mol. The first-order valence-electron chi connectivity index (χ1n) is 6.62. The van der Waals surface area contributed by atoms with Crippen molar-refractivity contribution in [3.8, 4) is 0 Å². The Morgan fingerprint density at radius 3 is 2.85 bits per heavy atom. The van der Waals surface area contributed by atoms with Crippen LogP contribution in [0.5, 0.6) is 0 Å². The van der Waals surface area contributed by atoms with Crippen molar-refractivity contribution in [1.82, 2.24) is 0 Å². The van der Waals surface area contributed by atoms with Crippen LogP contribution in [0.3, 0.4) is 0 Å². The highest BCUT2D eigenvalue weighted by molar-refractivity contribution is 5.86. The highest BCUT2D eigenvalue weighted by atomic mass is 16.4. The molecular weight excluding hydrogens is 258 g/mol. The van der Waals surface area contributed by atoms with Crippen molar-refractivity contribution in [2.75, 3.05) is 11.9 Å². The highest BCUT2D eigenvalue weighted by Gasteiger charge is 2.09. The van der Waals surface area contributed by atoms with Gasteiger partial charge < -0.3 is 14.8 Å². The number of carbonyl (C=O) groups is 1. The molecule has 2 rings (SSSR count). The minimum atomic E-state index is -0.970. The minimum absolute atomic E-state index is 0.190. The zero-order chi connectivity index (χ0) is 14.5. The van der Waals surface area contributed by atoms with Crippen molar-refractivity contribution in [2.24, 2.45) is 0 Å². The summed E-state index contributed by atoms with van der Waals surface area (Å²) in [7, 11) is 0. The van der Waals surface area contributed by atoms with E-state index in [9.17, 15) is 9.59 Å². The molecule has 1 aromatic carbocycles. The Hall–Kier alpha value is -2.30. The zero-order valence-electron chi connectivity index (χ0n) is 11.3. The Bertz CT molecular complexity index is 675. The van der Waals surface area contributed by atoms with E-state index >= 15 is 0 Å². The number of rotatable bonds is 6. The van der Waals surface area contributed by atoms with E-state index in [1.807, 2.05) is 6.07 Å². The van der Waals surface area contributed by atoms with Crippen molar-refractivity contribution in [3.63, 3.8) is 0 Å². The van der Waals surface area contributed by atoms with Crippen LogP contribution in [0.25, 0.3) is 11.0 Å². The molecule has 0 bridgehead atoms. The Labute approximate surface area is 116 Å². The second-order valence-electron chi connectivity index (χ2n) is 4.65. The van der Waals surface area contributed by atoms with Crippen molar-refractivity contribution in [2.45, 2.75) is 26.2 Å². The topological polar surface area (TPSA) is 79.5 Å². The van der Waals surface area contributed by atoms with Gasteiger partial charge in [0, 0.05) is 29.8 Å². The number of carboxylic acid groups (broad SMARTS) is 1. The van der Waals surface area contributed by atoms with Gasteiger partial charge in [-0.25, -0.2) is 4.79 Å². The number of carboxylic acids is 1. The SMILES string of the molecule is CCCCNc1ccc2c(CC(=O)O)cc(=O)oc2c1. The molecule has 0 aliphatic heterocycles. The predicted molar refractivity (Wildman–Crippen MR) is 77.2 cm³/mol. The van der Waals surface area contributed by atoms with E-state index in [1.54, 1.807) is 12.1 Å². The van der Waals surface area contributed by atoms with Gasteiger partial charge in [-0.3, -0.25) is 4.79 Å². The molecule has 0 saturated heterocycles. The summed E-state index contributed by atoms with van der Waals surface area (Å²) in [5.41, 5.74) is 1.22. The number of fused-ring (bicyclic) bond motifs is 1. The van der Waals surface area contributed by atoms with Gasteiger partial charge in [-0.05, 0) is 24.1 Å². The fourth-order valence-electron chi connectivity index (χ4n) is 2.06. The van der Waals surface area contributed by atoms with Gasteiger partial charge in [-0.1, -0.05) is 13.3 Å². The number of benzene rings is 1. The van der Waals surface area contributed by atoms with Crippen molar-refractivity contribution < 1.29 is 14.3 Å². The molecule has 0 radical (unpaired) electrons. The van der Waals surface area contributed by atoms with Crippen LogP contribution in [-0.4, -0.2) is 17.6 Å². The maximum Gasteiger partial charge on any atom is 0.336 e. The van der Waals surface area contributed by atoms with E-state index in [4.69, 9.17) is 9.52 Å². The summed E-state index contributed by atoms with van der Waals surface area (Å²) >= 11 is 0. The first-order valence-corrected chi connectivity index (χ1v) is 6.62. The predicted octanol–water partition coefficient (Wildman–Crippen LogP) is 2.63. The quantitative estimate of drug-likeness (QED) is 0.625. The Morgan fingerprint density at radius 1 is 1.35 bits per heavy atom. The van der Waals surface area contributed by atoms with Gasteiger partial charge in [0.25, 0.3) is 0 Å². The third-order valence-electron chi connectivity index (χ3n) is 3.03. The average molecular weight is 275 g/mol. The molecule has 5 nitrogen and oxygen atoms in total. The molecule has 0 spiro atoms. The number of aliphatic carboxylic acids is 1. The van der Waals surface area contributed by atoms with Gasteiger partial charge in [0.15, 0.2) is 0 Å². The fourth-order valence-corrected chi connectivity index (χ4v) is 2.06. The molecule has 0 saturated carbocycles. The molecular formula is C15H17NO4. The van der Waals surface area contributed by atoms with E-state index in [1.165, 1.54) is 6.07 Å². The zero-order valence-corrected chi connectivity index (χ0v) is 11.3. The van der Waals surface area contributed by atoms with Crippen LogP contribution >= 0.6 is 0 Å². The van der Waals surface area contributed by atoms with Crippen LogP contribution in [0.1, 0.15) is 25.3 Å². The molecule has 5 heteroatoms. The summed E-state index contributed by atoms with van der Waals surface area (Å²) in [5.74, 6) is -0.970. The molecule has 0 aliphatic carbocycles. The van der Waals surface area contributed by atoms with E-state index in [0.717, 1.165) is 25.1 Å². The summed E-state index contributed by atoms with van der Waals surface area (Å²) in [6.07, 6.45) is 1.96. The van der Waals surface area contributed by atoms with Gasteiger partial charge >= 0.3 is 11.6 Å². The molecule has 0 aliphatic rings. The second-order valence-corrected chi connectivity index (χ2v) is 4.65. The fraction of sp³-hybridized carbons (Fsp3) is 0.333. The van der Waals surface area contributed by atoms with E-state index in [2.05, 4.69) is 12.2 Å². The number of hydrogen-bond acceptors (Lipinski definition) is 4. The molecule has 106 valence electrons. The van der Waals surface area contributed by atoms with Gasteiger partial charge in [0.2, 0.25) is 0 Å². The molecule has 20 heavy (non-hydrogen) atoms. The minimum Gasteiger partial charge on any atom is -0.481 e. The third-order valence-corrected chi connectivity index (χ3v) is 3.03. The summed E-state index contributed by atoms with van der Waals surface area (Å²) < 4.78 is 5.14. The third kappa shape index (κ3) is 3.38. The first kappa shape index (κ1) is 14.1. The van der Waals surface area contributed by atoms with Gasteiger partial charge in [-0.15, -0.1) is 0 Å². The largest absolute Gasteiger partial charge is 0.481 e. The normalized spacial score (nSPS) is 10.7. The summed E-state index contributed by atoms with van der Waals surface area (Å²) in [4.78, 5) is 22.3. The van der Waals surface area contributed by atoms with Crippen molar-refractivity contribution >= 4 is 22.6 Å². The van der Waals surface area contributed by atoms with Crippen molar-refractivity contribution in [3.05, 3.63) is 40.2 Å². The van der Waals surface area contributed by atoms with Gasteiger partial charge in [0.1, 0.15) is 5.58 Å². The lowest BCUT2D eigenvalue weighted by molar-refractivity contribution is -0.136. The smallest absolute Gasteiger partial charge is 0.336 e. The highest BCUT2D eigenvalue weighted by Crippen LogP contribution is 2.21. The summed E-state index contributed by atoms with van der Waals surface area (Å²) in [6, 6.07) is 6.62. The lowest BCUT2D eigenvalue weighted by Crippen LogP contribution is -2.07. The van der Waals surface area contributed by atoms with Gasteiger partial charge in [-0.2, -0.15) is 0 Å². The molecule has 0 unspecified atom stereocenters. The molecule has 1 heterocycles. The molecule has 2 N–H and O–H groups in total. The molecule has 2 aromatic rings. The lowest BCUT2D eigenvalue weighted by Gasteiger charge is -2.08. The lowest BCUT2D eigenvalue weighted by atomic mass is 10.1. The van der Waals surface area contributed by atoms with Crippen LogP contribution < -0.4 is 10.9 Å². The Morgan fingerprint density at radius 2 is 2.15 bits per heavy atom. The Balaban J connectivity index is 2.37. The first-order chi connectivity index (χ1) is 9.60. The van der Waals surface area contributed by atoms with E-state index in [0.29, 0.717) is 16.5 Å². The van der Waals surface area contributed by atoms with Crippen LogP contribution in [0, 0.1) is 0 Å². The summed E-state index contributed by atoms with van der Waals surface area (Å²) in [6.45, 7) is 2.96. The number of nitrogens with one attached hydrogen (secondary N) is 1. The van der Waals surface area contributed by atoms with Gasteiger partial charge in [0.05, 0.1) is 6.42 Å². The average Bonchev–Trinajstić information content (AvgIpc) is 2.37. The number of hydrogen-bond donors (Lipinski definition) is 2. The number of anilines is 1. The maximum atomic E-state index is 11.5. The second kappa shape index (κ2) is 6.23. The molecule has 0 fully saturated rings.